The summed E-state index contributed by atoms with van der Waals surface area (Å²) in [6.07, 6.45) is 1.95. The average molecular weight is 219 g/mol. The molecule has 2 rings (SSSR count). The van der Waals surface area contributed by atoms with Crippen molar-refractivity contribution in [3.05, 3.63) is 22.2 Å². The molecular formula is C8H8Cl2N2O. The summed E-state index contributed by atoms with van der Waals surface area (Å²) in [4.78, 5) is 8.12. The summed E-state index contributed by atoms with van der Waals surface area (Å²) in [5, 5.41) is 0.732. The molecular weight excluding hydrogens is 211 g/mol. The summed E-state index contributed by atoms with van der Waals surface area (Å²) in [6.45, 7) is 0.762. The van der Waals surface area contributed by atoms with E-state index in [-0.39, 0.29) is 6.10 Å². The minimum atomic E-state index is -0.0313. The van der Waals surface area contributed by atoms with Crippen LogP contribution in [-0.4, -0.2) is 16.6 Å². The highest BCUT2D eigenvalue weighted by molar-refractivity contribution is 6.33. The molecule has 1 aliphatic heterocycles. The fourth-order valence-electron chi connectivity index (χ4n) is 1.33. The van der Waals surface area contributed by atoms with Gasteiger partial charge in [-0.05, 0) is 12.8 Å². The molecule has 0 saturated carbocycles. The van der Waals surface area contributed by atoms with Crippen molar-refractivity contribution in [1.29, 1.82) is 0 Å². The van der Waals surface area contributed by atoms with Crippen LogP contribution in [0, 0.1) is 0 Å². The first kappa shape index (κ1) is 9.19. The summed E-state index contributed by atoms with van der Waals surface area (Å²) in [5.74, 6) is 0.593. The van der Waals surface area contributed by atoms with Crippen LogP contribution < -0.4 is 0 Å². The number of ether oxygens (including phenoxy) is 1. The van der Waals surface area contributed by atoms with E-state index in [1.807, 2.05) is 0 Å². The second-order valence-electron chi connectivity index (χ2n) is 2.87. The Morgan fingerprint density at radius 2 is 2.00 bits per heavy atom. The maximum absolute atomic E-state index is 5.74. The SMILES string of the molecule is Clc1cc(Cl)nc([C@H]2CCCO2)n1. The summed E-state index contributed by atoms with van der Waals surface area (Å²) in [5.41, 5.74) is 0. The van der Waals surface area contributed by atoms with Gasteiger partial charge in [-0.15, -0.1) is 0 Å². The lowest BCUT2D eigenvalue weighted by molar-refractivity contribution is 0.105. The Kier molecular flexibility index (Phi) is 2.67. The molecule has 13 heavy (non-hydrogen) atoms. The van der Waals surface area contributed by atoms with Gasteiger partial charge < -0.3 is 4.74 Å². The Bertz CT molecular complexity index is 293. The molecule has 1 aromatic rings. The van der Waals surface area contributed by atoms with Crippen LogP contribution in [0.4, 0.5) is 0 Å². The van der Waals surface area contributed by atoms with Crippen LogP contribution in [0.5, 0.6) is 0 Å². The Hall–Kier alpha value is -0.380. The third kappa shape index (κ3) is 2.10. The van der Waals surface area contributed by atoms with E-state index >= 15 is 0 Å². The van der Waals surface area contributed by atoms with Gasteiger partial charge in [0.15, 0.2) is 5.82 Å². The molecule has 0 amide bonds. The van der Waals surface area contributed by atoms with Gasteiger partial charge in [-0.1, -0.05) is 23.2 Å². The first-order valence-corrected chi connectivity index (χ1v) is 4.83. The highest BCUT2D eigenvalue weighted by Crippen LogP contribution is 2.27. The molecule has 1 saturated heterocycles. The largest absolute Gasteiger partial charge is 0.370 e. The Morgan fingerprint density at radius 3 is 2.54 bits per heavy atom. The first-order chi connectivity index (χ1) is 6.25. The predicted octanol–water partition coefficient (Wildman–Crippen LogP) is 2.63. The lowest BCUT2D eigenvalue weighted by Gasteiger charge is -2.07. The second-order valence-corrected chi connectivity index (χ2v) is 3.65. The van der Waals surface area contributed by atoms with Crippen LogP contribution in [0.25, 0.3) is 0 Å². The van der Waals surface area contributed by atoms with Gasteiger partial charge in [-0.2, -0.15) is 0 Å². The summed E-state index contributed by atoms with van der Waals surface area (Å²) in [6, 6.07) is 1.52. The second kappa shape index (κ2) is 3.78. The van der Waals surface area contributed by atoms with Crippen molar-refractivity contribution < 1.29 is 4.74 Å². The zero-order chi connectivity index (χ0) is 9.26. The molecule has 5 heteroatoms. The van der Waals surface area contributed by atoms with E-state index in [4.69, 9.17) is 27.9 Å². The monoisotopic (exact) mass is 218 g/mol. The summed E-state index contributed by atoms with van der Waals surface area (Å²) in [7, 11) is 0. The fourth-order valence-corrected chi connectivity index (χ4v) is 1.77. The number of aromatic nitrogens is 2. The molecule has 2 heterocycles. The molecule has 1 aromatic heterocycles. The number of rotatable bonds is 1. The molecule has 0 aromatic carbocycles. The normalized spacial score (nSPS) is 22.2. The Labute approximate surface area is 86.0 Å². The van der Waals surface area contributed by atoms with Gasteiger partial charge in [0, 0.05) is 12.7 Å². The molecule has 0 spiro atoms. The highest BCUT2D eigenvalue weighted by Gasteiger charge is 2.21. The third-order valence-corrected chi connectivity index (χ3v) is 2.29. The van der Waals surface area contributed by atoms with Crippen LogP contribution in [0.2, 0.25) is 10.3 Å². The van der Waals surface area contributed by atoms with Gasteiger partial charge in [-0.25, -0.2) is 9.97 Å². The van der Waals surface area contributed by atoms with Crippen LogP contribution in [0.1, 0.15) is 24.8 Å². The molecule has 3 nitrogen and oxygen atoms in total. The smallest absolute Gasteiger partial charge is 0.160 e. The van der Waals surface area contributed by atoms with E-state index in [2.05, 4.69) is 9.97 Å². The van der Waals surface area contributed by atoms with Gasteiger partial charge >= 0.3 is 0 Å². The third-order valence-electron chi connectivity index (χ3n) is 1.90. The molecule has 0 radical (unpaired) electrons. The first-order valence-electron chi connectivity index (χ1n) is 4.07. The van der Waals surface area contributed by atoms with Crippen molar-refractivity contribution in [1.82, 2.24) is 9.97 Å². The van der Waals surface area contributed by atoms with Crippen molar-refractivity contribution in [3.63, 3.8) is 0 Å². The highest BCUT2D eigenvalue weighted by atomic mass is 35.5. The molecule has 0 aliphatic carbocycles. The van der Waals surface area contributed by atoms with Crippen LogP contribution in [0.3, 0.4) is 0 Å². The van der Waals surface area contributed by atoms with E-state index in [0.29, 0.717) is 16.1 Å². The molecule has 70 valence electrons. The number of nitrogens with zero attached hydrogens (tertiary/aromatic N) is 2. The summed E-state index contributed by atoms with van der Waals surface area (Å²) < 4.78 is 5.41. The lowest BCUT2D eigenvalue weighted by atomic mass is 10.2. The zero-order valence-electron chi connectivity index (χ0n) is 6.83. The van der Waals surface area contributed by atoms with Crippen LogP contribution in [0.15, 0.2) is 6.07 Å². The van der Waals surface area contributed by atoms with Gasteiger partial charge in [-0.3, -0.25) is 0 Å². The molecule has 0 unspecified atom stereocenters. The van der Waals surface area contributed by atoms with Crippen molar-refractivity contribution >= 4 is 23.2 Å². The van der Waals surface area contributed by atoms with E-state index in [0.717, 1.165) is 19.4 Å². The van der Waals surface area contributed by atoms with E-state index < -0.39 is 0 Å². The fraction of sp³-hybridized carbons (Fsp3) is 0.500. The quantitative estimate of drug-likeness (QED) is 0.681. The van der Waals surface area contributed by atoms with Gasteiger partial charge in [0.1, 0.15) is 16.4 Å². The zero-order valence-corrected chi connectivity index (χ0v) is 8.35. The number of hydrogen-bond acceptors (Lipinski definition) is 3. The van der Waals surface area contributed by atoms with Crippen molar-refractivity contribution in [2.45, 2.75) is 18.9 Å². The molecule has 0 N–H and O–H groups in total. The lowest BCUT2D eigenvalue weighted by Crippen LogP contribution is -2.02. The van der Waals surface area contributed by atoms with Crippen molar-refractivity contribution in [2.24, 2.45) is 0 Å². The van der Waals surface area contributed by atoms with E-state index in [1.54, 1.807) is 0 Å². The number of halogens is 2. The predicted molar refractivity (Wildman–Crippen MR) is 50.0 cm³/mol. The maximum Gasteiger partial charge on any atom is 0.160 e. The Balaban J connectivity index is 2.28. The molecule has 1 atom stereocenters. The molecule has 1 fully saturated rings. The van der Waals surface area contributed by atoms with Crippen molar-refractivity contribution in [3.8, 4) is 0 Å². The summed E-state index contributed by atoms with van der Waals surface area (Å²) >= 11 is 11.5. The van der Waals surface area contributed by atoms with E-state index in [9.17, 15) is 0 Å². The van der Waals surface area contributed by atoms with Crippen LogP contribution in [-0.2, 0) is 4.74 Å². The van der Waals surface area contributed by atoms with Gasteiger partial charge in [0.05, 0.1) is 0 Å². The standard InChI is InChI=1S/C8H8Cl2N2O/c9-6-4-7(10)12-8(11-6)5-2-1-3-13-5/h4-5H,1-3H2/t5-/m1/s1. The average Bonchev–Trinajstić information content (AvgIpc) is 2.53. The number of hydrogen-bond donors (Lipinski definition) is 0. The maximum atomic E-state index is 5.74. The minimum Gasteiger partial charge on any atom is -0.370 e. The van der Waals surface area contributed by atoms with Gasteiger partial charge in [0.2, 0.25) is 0 Å². The van der Waals surface area contributed by atoms with Crippen LogP contribution >= 0.6 is 23.2 Å². The van der Waals surface area contributed by atoms with Gasteiger partial charge in [0.25, 0.3) is 0 Å². The molecule has 1 aliphatic rings. The molecule has 0 bridgehead atoms. The minimum absolute atomic E-state index is 0.0313. The van der Waals surface area contributed by atoms with E-state index in [1.165, 1.54) is 6.07 Å². The Morgan fingerprint density at radius 1 is 1.31 bits per heavy atom. The topological polar surface area (TPSA) is 35.0 Å². The van der Waals surface area contributed by atoms with Crippen molar-refractivity contribution in [2.75, 3.05) is 6.61 Å².